The Labute approximate surface area is 152 Å². The van der Waals surface area contributed by atoms with Crippen LogP contribution in [0.3, 0.4) is 0 Å². The second-order valence-electron chi connectivity index (χ2n) is 6.41. The largest absolute Gasteiger partial charge is 0.493 e. The summed E-state index contributed by atoms with van der Waals surface area (Å²) in [6, 6.07) is 11.2. The quantitative estimate of drug-likeness (QED) is 0.827. The zero-order valence-electron chi connectivity index (χ0n) is 15.2. The number of hydrogen-bond acceptors (Lipinski definition) is 5. The number of benzene rings is 2. The third-order valence-electron chi connectivity index (χ3n) is 4.68. The van der Waals surface area contributed by atoms with Crippen LogP contribution in [0.5, 0.6) is 17.2 Å². The van der Waals surface area contributed by atoms with Crippen molar-refractivity contribution in [3.05, 3.63) is 53.1 Å². The van der Waals surface area contributed by atoms with Crippen molar-refractivity contribution in [1.29, 1.82) is 0 Å². The SMILES string of the molecule is COc1ccc(C(=O)NCC2(O)Cc3ccccc3C2)c(OC)c1OC. The molecule has 6 heteroatoms. The summed E-state index contributed by atoms with van der Waals surface area (Å²) in [5, 5.41) is 13.6. The van der Waals surface area contributed by atoms with Crippen molar-refractivity contribution >= 4 is 5.91 Å². The first-order valence-corrected chi connectivity index (χ1v) is 8.37. The predicted octanol–water partition coefficient (Wildman–Crippen LogP) is 1.97. The van der Waals surface area contributed by atoms with Gasteiger partial charge in [0.15, 0.2) is 11.5 Å². The molecule has 138 valence electrons. The Hall–Kier alpha value is -2.73. The highest BCUT2D eigenvalue weighted by Gasteiger charge is 2.35. The fourth-order valence-electron chi connectivity index (χ4n) is 3.42. The molecule has 1 amide bonds. The number of hydrogen-bond donors (Lipinski definition) is 2. The van der Waals surface area contributed by atoms with Crippen molar-refractivity contribution in [3.63, 3.8) is 0 Å². The van der Waals surface area contributed by atoms with Gasteiger partial charge in [0.2, 0.25) is 5.75 Å². The summed E-state index contributed by atoms with van der Waals surface area (Å²) in [6.45, 7) is 0.151. The second-order valence-corrected chi connectivity index (χ2v) is 6.41. The van der Waals surface area contributed by atoms with Gasteiger partial charge in [-0.3, -0.25) is 4.79 Å². The van der Waals surface area contributed by atoms with Crippen molar-refractivity contribution in [3.8, 4) is 17.2 Å². The van der Waals surface area contributed by atoms with E-state index in [-0.39, 0.29) is 12.5 Å². The van der Waals surface area contributed by atoms with Crippen molar-refractivity contribution < 1.29 is 24.1 Å². The van der Waals surface area contributed by atoms with Crippen molar-refractivity contribution in [2.75, 3.05) is 27.9 Å². The molecule has 0 bridgehead atoms. The van der Waals surface area contributed by atoms with E-state index < -0.39 is 5.60 Å². The van der Waals surface area contributed by atoms with E-state index in [0.717, 1.165) is 11.1 Å². The van der Waals surface area contributed by atoms with E-state index in [1.54, 1.807) is 12.1 Å². The Morgan fingerprint density at radius 1 is 1.00 bits per heavy atom. The molecule has 0 spiro atoms. The molecule has 6 nitrogen and oxygen atoms in total. The van der Waals surface area contributed by atoms with Crippen LogP contribution >= 0.6 is 0 Å². The van der Waals surface area contributed by atoms with E-state index in [0.29, 0.717) is 35.7 Å². The molecule has 0 saturated heterocycles. The Balaban J connectivity index is 1.75. The van der Waals surface area contributed by atoms with Crippen LogP contribution in [0.4, 0.5) is 0 Å². The summed E-state index contributed by atoms with van der Waals surface area (Å²) in [7, 11) is 4.47. The summed E-state index contributed by atoms with van der Waals surface area (Å²) in [6.07, 6.45) is 1.04. The summed E-state index contributed by atoms with van der Waals surface area (Å²) in [5.74, 6) is 0.790. The summed E-state index contributed by atoms with van der Waals surface area (Å²) in [5.41, 5.74) is 1.58. The molecular formula is C20H23NO5. The lowest BCUT2D eigenvalue weighted by Gasteiger charge is -2.23. The van der Waals surface area contributed by atoms with Crippen LogP contribution in [0, 0.1) is 0 Å². The van der Waals surface area contributed by atoms with Gasteiger partial charge in [-0.2, -0.15) is 0 Å². The number of aliphatic hydroxyl groups is 1. The maximum atomic E-state index is 12.7. The van der Waals surface area contributed by atoms with Gasteiger partial charge >= 0.3 is 0 Å². The standard InChI is InChI=1S/C20H23NO5/c1-24-16-9-8-15(17(25-2)18(16)26-3)19(22)21-12-20(23)10-13-6-4-5-7-14(13)11-20/h4-9,23H,10-12H2,1-3H3,(H,21,22). The van der Waals surface area contributed by atoms with Gasteiger partial charge in [-0.1, -0.05) is 24.3 Å². The molecule has 3 rings (SSSR count). The number of carbonyl (C=O) groups is 1. The van der Waals surface area contributed by atoms with Gasteiger partial charge in [-0.15, -0.1) is 0 Å². The highest BCUT2D eigenvalue weighted by Crippen LogP contribution is 2.39. The van der Waals surface area contributed by atoms with Crippen LogP contribution in [-0.2, 0) is 12.8 Å². The van der Waals surface area contributed by atoms with Crippen molar-refractivity contribution in [2.45, 2.75) is 18.4 Å². The monoisotopic (exact) mass is 357 g/mol. The van der Waals surface area contributed by atoms with Gasteiger partial charge < -0.3 is 24.6 Å². The highest BCUT2D eigenvalue weighted by atomic mass is 16.5. The van der Waals surface area contributed by atoms with E-state index in [2.05, 4.69) is 5.32 Å². The molecular weight excluding hydrogens is 334 g/mol. The lowest BCUT2D eigenvalue weighted by atomic mass is 10.0. The average Bonchev–Trinajstić information content (AvgIpc) is 3.01. The van der Waals surface area contributed by atoms with Gasteiger partial charge in [0, 0.05) is 19.4 Å². The smallest absolute Gasteiger partial charge is 0.255 e. The highest BCUT2D eigenvalue weighted by molar-refractivity contribution is 5.98. The molecule has 0 heterocycles. The Kier molecular flexibility index (Phi) is 5.04. The van der Waals surface area contributed by atoms with E-state index >= 15 is 0 Å². The first-order chi connectivity index (χ1) is 12.5. The molecule has 0 unspecified atom stereocenters. The molecule has 1 aliphatic rings. The molecule has 2 N–H and O–H groups in total. The molecule has 0 aliphatic heterocycles. The lowest BCUT2D eigenvalue weighted by molar-refractivity contribution is 0.0479. The minimum Gasteiger partial charge on any atom is -0.493 e. The number of carbonyl (C=O) groups excluding carboxylic acids is 1. The molecule has 0 fully saturated rings. The van der Waals surface area contributed by atoms with Gasteiger partial charge in [0.25, 0.3) is 5.91 Å². The van der Waals surface area contributed by atoms with Crippen LogP contribution in [-0.4, -0.2) is 44.5 Å². The fraction of sp³-hybridized carbons (Fsp3) is 0.350. The van der Waals surface area contributed by atoms with Crippen LogP contribution in [0.1, 0.15) is 21.5 Å². The summed E-state index contributed by atoms with van der Waals surface area (Å²) >= 11 is 0. The maximum absolute atomic E-state index is 12.7. The molecule has 26 heavy (non-hydrogen) atoms. The summed E-state index contributed by atoms with van der Waals surface area (Å²) < 4.78 is 15.9. The summed E-state index contributed by atoms with van der Waals surface area (Å²) in [4.78, 5) is 12.7. The third-order valence-corrected chi connectivity index (χ3v) is 4.68. The molecule has 0 atom stereocenters. The van der Waals surface area contributed by atoms with Gasteiger partial charge in [-0.25, -0.2) is 0 Å². The van der Waals surface area contributed by atoms with Crippen LogP contribution in [0.15, 0.2) is 36.4 Å². The van der Waals surface area contributed by atoms with Gasteiger partial charge in [-0.05, 0) is 23.3 Å². The Morgan fingerprint density at radius 3 is 2.15 bits per heavy atom. The fourth-order valence-corrected chi connectivity index (χ4v) is 3.42. The number of rotatable bonds is 6. The first-order valence-electron chi connectivity index (χ1n) is 8.37. The first kappa shape index (κ1) is 18.1. The Morgan fingerprint density at radius 2 is 1.62 bits per heavy atom. The maximum Gasteiger partial charge on any atom is 0.255 e. The third kappa shape index (κ3) is 3.32. The molecule has 1 aliphatic carbocycles. The van der Waals surface area contributed by atoms with Gasteiger partial charge in [0.05, 0.1) is 32.5 Å². The number of nitrogens with one attached hydrogen (secondary N) is 1. The number of ether oxygens (including phenoxy) is 3. The molecule has 2 aromatic rings. The predicted molar refractivity (Wildman–Crippen MR) is 97.2 cm³/mol. The topological polar surface area (TPSA) is 77.0 Å². The van der Waals surface area contributed by atoms with Crippen molar-refractivity contribution in [2.24, 2.45) is 0 Å². The second kappa shape index (κ2) is 7.25. The van der Waals surface area contributed by atoms with Crippen LogP contribution in [0.2, 0.25) is 0 Å². The van der Waals surface area contributed by atoms with E-state index in [1.165, 1.54) is 21.3 Å². The lowest BCUT2D eigenvalue weighted by Crippen LogP contribution is -2.43. The van der Waals surface area contributed by atoms with E-state index in [1.807, 2.05) is 24.3 Å². The number of methoxy groups -OCH3 is 3. The van der Waals surface area contributed by atoms with Crippen LogP contribution < -0.4 is 19.5 Å². The van der Waals surface area contributed by atoms with Gasteiger partial charge in [0.1, 0.15) is 0 Å². The molecule has 0 saturated carbocycles. The zero-order chi connectivity index (χ0) is 18.7. The molecule has 0 aromatic heterocycles. The van der Waals surface area contributed by atoms with Crippen molar-refractivity contribution in [1.82, 2.24) is 5.32 Å². The number of fused-ring (bicyclic) bond motifs is 1. The van der Waals surface area contributed by atoms with E-state index in [4.69, 9.17) is 14.2 Å². The minimum atomic E-state index is -0.983. The zero-order valence-corrected chi connectivity index (χ0v) is 15.2. The molecule has 0 radical (unpaired) electrons. The van der Waals surface area contributed by atoms with Crippen LogP contribution in [0.25, 0.3) is 0 Å². The average molecular weight is 357 g/mol. The molecule has 2 aromatic carbocycles. The Bertz CT molecular complexity index is 793. The number of amides is 1. The van der Waals surface area contributed by atoms with E-state index in [9.17, 15) is 9.90 Å². The normalized spacial score (nSPS) is 14.5. The minimum absolute atomic E-state index is 0.151.